The van der Waals surface area contributed by atoms with Crippen LogP contribution >= 0.6 is 11.8 Å². The van der Waals surface area contributed by atoms with Crippen molar-refractivity contribution < 1.29 is 19.5 Å². The quantitative estimate of drug-likeness (QED) is 0.449. The van der Waals surface area contributed by atoms with Crippen LogP contribution in [0.25, 0.3) is 0 Å². The van der Waals surface area contributed by atoms with Crippen LogP contribution in [0.4, 0.5) is 0 Å². The molecule has 0 aliphatic carbocycles. The van der Waals surface area contributed by atoms with Crippen LogP contribution in [0.3, 0.4) is 0 Å². The minimum Gasteiger partial charge on any atom is -0.394 e. The molecule has 0 saturated carbocycles. The van der Waals surface area contributed by atoms with E-state index in [4.69, 9.17) is 0 Å². The van der Waals surface area contributed by atoms with E-state index in [1.54, 1.807) is 28.6 Å². The van der Waals surface area contributed by atoms with E-state index in [1.807, 2.05) is 43.1 Å². The van der Waals surface area contributed by atoms with Crippen molar-refractivity contribution >= 4 is 29.5 Å². The summed E-state index contributed by atoms with van der Waals surface area (Å²) in [5.41, 5.74) is 0. The molecule has 4 heterocycles. The largest absolute Gasteiger partial charge is 0.394 e. The van der Waals surface area contributed by atoms with Gasteiger partial charge in [0.1, 0.15) is 6.04 Å². The van der Waals surface area contributed by atoms with Gasteiger partial charge in [-0.2, -0.15) is 0 Å². The summed E-state index contributed by atoms with van der Waals surface area (Å²) in [5, 5.41) is 10.1. The molecule has 2 fully saturated rings. The van der Waals surface area contributed by atoms with Gasteiger partial charge in [0.05, 0.1) is 29.2 Å². The van der Waals surface area contributed by atoms with Crippen molar-refractivity contribution in [2.24, 2.45) is 17.8 Å². The fraction of sp³-hybridized carbons (Fsp3) is 0.720. The highest BCUT2D eigenvalue weighted by molar-refractivity contribution is 8.02. The third kappa shape index (κ3) is 3.83. The van der Waals surface area contributed by atoms with Crippen LogP contribution in [0.1, 0.15) is 40.0 Å². The summed E-state index contributed by atoms with van der Waals surface area (Å²) in [5.74, 6) is -1.40. The van der Waals surface area contributed by atoms with Gasteiger partial charge in [-0.15, -0.1) is 11.8 Å². The lowest BCUT2D eigenvalue weighted by Gasteiger charge is -2.39. The van der Waals surface area contributed by atoms with E-state index >= 15 is 0 Å². The van der Waals surface area contributed by atoms with Gasteiger partial charge in [0, 0.05) is 31.9 Å². The van der Waals surface area contributed by atoms with Gasteiger partial charge >= 0.3 is 0 Å². The number of likely N-dealkylation sites (tertiary alicyclic amines) is 1. The van der Waals surface area contributed by atoms with Crippen molar-refractivity contribution in [2.45, 2.75) is 62.1 Å². The first-order valence-electron chi connectivity index (χ1n) is 12.3. The van der Waals surface area contributed by atoms with Gasteiger partial charge in [0.25, 0.3) is 0 Å². The fourth-order valence-electron chi connectivity index (χ4n) is 5.98. The minimum atomic E-state index is -0.802. The second kappa shape index (κ2) is 9.45. The van der Waals surface area contributed by atoms with Crippen LogP contribution in [-0.4, -0.2) is 92.9 Å². The van der Waals surface area contributed by atoms with Crippen LogP contribution in [0.15, 0.2) is 24.3 Å². The van der Waals surface area contributed by atoms with E-state index in [9.17, 15) is 19.5 Å². The Morgan fingerprint density at radius 1 is 1.12 bits per heavy atom. The molecule has 1 N–H and O–H groups in total. The zero-order valence-electron chi connectivity index (χ0n) is 20.1. The maximum atomic E-state index is 14.1. The van der Waals surface area contributed by atoms with Crippen molar-refractivity contribution in [1.82, 2.24) is 14.7 Å². The van der Waals surface area contributed by atoms with E-state index in [0.29, 0.717) is 19.6 Å². The van der Waals surface area contributed by atoms with E-state index < -0.39 is 28.7 Å². The molecule has 0 aromatic heterocycles. The van der Waals surface area contributed by atoms with Crippen LogP contribution in [0, 0.1) is 17.8 Å². The monoisotopic (exact) mass is 475 g/mol. The molecule has 0 aromatic rings. The van der Waals surface area contributed by atoms with Crippen LogP contribution in [-0.2, 0) is 14.4 Å². The molecule has 33 heavy (non-hydrogen) atoms. The molecule has 6 atom stereocenters. The second-order valence-electron chi connectivity index (χ2n) is 10.1. The zero-order valence-corrected chi connectivity index (χ0v) is 21.0. The van der Waals surface area contributed by atoms with Crippen molar-refractivity contribution in [3.8, 4) is 0 Å². The molecule has 4 aliphatic heterocycles. The number of fused-ring (bicyclic) bond motifs is 2. The van der Waals surface area contributed by atoms with Gasteiger partial charge in [-0.05, 0) is 12.3 Å². The van der Waals surface area contributed by atoms with Gasteiger partial charge in [-0.25, -0.2) is 0 Å². The Bertz CT molecular complexity index is 859. The maximum absolute atomic E-state index is 14.1. The van der Waals surface area contributed by atoms with Gasteiger partial charge in [0.2, 0.25) is 17.7 Å². The highest BCUT2D eigenvalue weighted by Crippen LogP contribution is 2.61. The number of unbranched alkanes of at least 4 members (excludes halogenated alkanes) is 2. The van der Waals surface area contributed by atoms with E-state index in [1.165, 1.54) is 0 Å². The molecule has 1 unspecified atom stereocenters. The lowest BCUT2D eigenvalue weighted by atomic mass is 9.78. The Morgan fingerprint density at radius 3 is 2.55 bits per heavy atom. The average molecular weight is 476 g/mol. The smallest absolute Gasteiger partial charge is 0.247 e. The second-order valence-corrected chi connectivity index (χ2v) is 11.6. The van der Waals surface area contributed by atoms with Crippen molar-refractivity contribution in [3.05, 3.63) is 24.3 Å². The Morgan fingerprint density at radius 2 is 1.88 bits per heavy atom. The SMILES string of the molecule is CCCCCN1CC=C[C@]23S[C@@H]4C=CCN(C)C(=O)[C@@H]4[C@H]2C(=O)N([C@@H](CO)C(C)C)C3C1=O. The van der Waals surface area contributed by atoms with Gasteiger partial charge < -0.3 is 19.8 Å². The summed E-state index contributed by atoms with van der Waals surface area (Å²) >= 11 is 1.60. The van der Waals surface area contributed by atoms with Crippen molar-refractivity contribution in [2.75, 3.05) is 33.3 Å². The lowest BCUT2D eigenvalue weighted by Crippen LogP contribution is -2.57. The standard InChI is InChI=1S/C25H37N3O4S/c1-5-6-7-13-27-14-9-11-25-20(19-18(33-25)10-8-12-26(4)22(19)30)23(31)28(21(25)24(27)32)17(15-29)16(2)3/h8-11,16-21,29H,5-7,12-15H2,1-4H3/t17-,18+,19-,20-,21?,25-/m0/s1. The Labute approximate surface area is 201 Å². The molecule has 1 spiro atoms. The third-order valence-corrected chi connectivity index (χ3v) is 9.47. The van der Waals surface area contributed by atoms with E-state index in [0.717, 1.165) is 19.3 Å². The normalized spacial score (nSPS) is 34.5. The first kappa shape index (κ1) is 24.3. The van der Waals surface area contributed by atoms with Crippen molar-refractivity contribution in [3.63, 3.8) is 0 Å². The number of thioether (sulfide) groups is 1. The molecule has 7 nitrogen and oxygen atoms in total. The first-order valence-corrected chi connectivity index (χ1v) is 13.1. The number of carbonyl (C=O) groups is 3. The molecular formula is C25H37N3O4S. The first-order chi connectivity index (χ1) is 15.8. The summed E-state index contributed by atoms with van der Waals surface area (Å²) in [6, 6.07) is -1.18. The highest BCUT2D eigenvalue weighted by atomic mass is 32.2. The molecule has 0 aromatic carbocycles. The zero-order chi connectivity index (χ0) is 23.9. The number of amides is 3. The molecule has 8 heteroatoms. The number of nitrogens with zero attached hydrogens (tertiary/aromatic N) is 3. The van der Waals surface area contributed by atoms with Crippen molar-refractivity contribution in [1.29, 1.82) is 0 Å². The summed E-state index contributed by atoms with van der Waals surface area (Å²) in [4.78, 5) is 46.8. The molecule has 182 valence electrons. The van der Waals surface area contributed by atoms with Crippen LogP contribution in [0.2, 0.25) is 0 Å². The number of rotatable bonds is 7. The molecule has 0 radical (unpaired) electrons. The summed E-state index contributed by atoms with van der Waals surface area (Å²) < 4.78 is -0.802. The molecule has 4 aliphatic rings. The molecule has 4 rings (SSSR count). The molecule has 0 bridgehead atoms. The molecule has 3 amide bonds. The lowest BCUT2D eigenvalue weighted by molar-refractivity contribution is -0.147. The fourth-order valence-corrected chi connectivity index (χ4v) is 7.97. The maximum Gasteiger partial charge on any atom is 0.247 e. The van der Waals surface area contributed by atoms with Crippen LogP contribution < -0.4 is 0 Å². The highest BCUT2D eigenvalue weighted by Gasteiger charge is 2.71. The predicted octanol–water partition coefficient (Wildman–Crippen LogP) is 1.92. The number of hydrogen-bond acceptors (Lipinski definition) is 5. The third-order valence-electron chi connectivity index (χ3n) is 7.73. The molecular weight excluding hydrogens is 438 g/mol. The topological polar surface area (TPSA) is 81.2 Å². The van der Waals surface area contributed by atoms with Crippen LogP contribution in [0.5, 0.6) is 0 Å². The summed E-state index contributed by atoms with van der Waals surface area (Å²) in [6.45, 7) is 7.56. The molecule has 2 saturated heterocycles. The predicted molar refractivity (Wildman–Crippen MR) is 129 cm³/mol. The Hall–Kier alpha value is -1.80. The minimum absolute atomic E-state index is 0.0170. The Kier molecular flexibility index (Phi) is 6.97. The summed E-state index contributed by atoms with van der Waals surface area (Å²) in [6.07, 6.45) is 11.1. The number of carbonyl (C=O) groups excluding carboxylic acids is 3. The van der Waals surface area contributed by atoms with E-state index in [2.05, 4.69) is 6.92 Å². The van der Waals surface area contributed by atoms with Gasteiger partial charge in [0.15, 0.2) is 0 Å². The number of hydrogen-bond donors (Lipinski definition) is 1. The van der Waals surface area contributed by atoms with Gasteiger partial charge in [-0.3, -0.25) is 14.4 Å². The Balaban J connectivity index is 1.81. The van der Waals surface area contributed by atoms with E-state index in [-0.39, 0.29) is 35.5 Å². The summed E-state index contributed by atoms with van der Waals surface area (Å²) in [7, 11) is 1.77. The number of aliphatic hydroxyl groups excluding tert-OH is 1. The number of aliphatic hydroxyl groups is 1. The average Bonchev–Trinajstić information content (AvgIpc) is 3.10. The van der Waals surface area contributed by atoms with Gasteiger partial charge in [-0.1, -0.05) is 57.9 Å². The number of likely N-dealkylation sites (N-methyl/N-ethyl adjacent to an activating group) is 1.